The summed E-state index contributed by atoms with van der Waals surface area (Å²) in [5, 5.41) is 0. The van der Waals surface area contributed by atoms with Crippen LogP contribution in [0.15, 0.2) is 0 Å². The summed E-state index contributed by atoms with van der Waals surface area (Å²) in [6.07, 6.45) is 3.82. The van der Waals surface area contributed by atoms with E-state index in [1.54, 1.807) is 4.31 Å². The van der Waals surface area contributed by atoms with E-state index in [-0.39, 0.29) is 5.75 Å². The topological polar surface area (TPSA) is 63.4 Å². The van der Waals surface area contributed by atoms with Crippen LogP contribution >= 0.6 is 0 Å². The molecule has 1 aliphatic carbocycles. The average molecular weight is 234 g/mol. The highest BCUT2D eigenvalue weighted by atomic mass is 32.2. The monoisotopic (exact) mass is 234 g/mol. The highest BCUT2D eigenvalue weighted by Gasteiger charge is 2.29. The smallest absolute Gasteiger partial charge is 0.214 e. The van der Waals surface area contributed by atoms with Crippen LogP contribution in [0, 0.1) is 5.92 Å². The molecule has 0 atom stereocenters. The molecule has 90 valence electrons. The van der Waals surface area contributed by atoms with Gasteiger partial charge in [-0.05, 0) is 38.1 Å². The molecule has 0 unspecified atom stereocenters. The van der Waals surface area contributed by atoms with Gasteiger partial charge in [0.05, 0.1) is 5.75 Å². The molecule has 0 spiro atoms. The van der Waals surface area contributed by atoms with Crippen molar-refractivity contribution >= 4 is 10.0 Å². The van der Waals surface area contributed by atoms with Crippen molar-refractivity contribution in [1.29, 1.82) is 0 Å². The first kappa shape index (κ1) is 12.9. The van der Waals surface area contributed by atoms with Crippen molar-refractivity contribution in [2.45, 2.75) is 32.6 Å². The normalized spacial score (nSPS) is 17.3. The predicted molar refractivity (Wildman–Crippen MR) is 62.0 cm³/mol. The fourth-order valence-electron chi connectivity index (χ4n) is 1.58. The molecule has 15 heavy (non-hydrogen) atoms. The van der Waals surface area contributed by atoms with Crippen LogP contribution in [0.3, 0.4) is 0 Å². The Kier molecular flexibility index (Phi) is 5.02. The van der Waals surface area contributed by atoms with E-state index in [0.717, 1.165) is 13.0 Å². The van der Waals surface area contributed by atoms with Gasteiger partial charge in [0, 0.05) is 13.1 Å². The fraction of sp³-hybridized carbons (Fsp3) is 1.00. The van der Waals surface area contributed by atoms with E-state index in [1.807, 2.05) is 6.92 Å². The maximum atomic E-state index is 11.9. The van der Waals surface area contributed by atoms with Gasteiger partial charge in [0.25, 0.3) is 0 Å². The lowest BCUT2D eigenvalue weighted by atomic mass is 10.4. The van der Waals surface area contributed by atoms with Crippen molar-refractivity contribution in [2.24, 2.45) is 11.7 Å². The molecule has 0 bridgehead atoms. The molecule has 1 saturated carbocycles. The minimum atomic E-state index is -3.05. The zero-order valence-electron chi connectivity index (χ0n) is 9.48. The first-order chi connectivity index (χ1) is 7.10. The number of sulfonamides is 1. The van der Waals surface area contributed by atoms with Crippen molar-refractivity contribution in [1.82, 2.24) is 4.31 Å². The molecule has 0 aromatic heterocycles. The Morgan fingerprint density at radius 1 is 1.40 bits per heavy atom. The van der Waals surface area contributed by atoms with E-state index in [2.05, 4.69) is 0 Å². The number of hydrogen-bond donors (Lipinski definition) is 1. The van der Waals surface area contributed by atoms with Crippen molar-refractivity contribution in [2.75, 3.05) is 25.4 Å². The molecule has 0 saturated heterocycles. The molecule has 4 nitrogen and oxygen atoms in total. The summed E-state index contributed by atoms with van der Waals surface area (Å²) < 4.78 is 25.5. The minimum Gasteiger partial charge on any atom is -0.330 e. The van der Waals surface area contributed by atoms with Gasteiger partial charge in [0.15, 0.2) is 0 Å². The van der Waals surface area contributed by atoms with Gasteiger partial charge >= 0.3 is 0 Å². The number of nitrogens with zero attached hydrogens (tertiary/aromatic N) is 1. The molecule has 1 aliphatic rings. The second kappa shape index (κ2) is 5.82. The molecule has 1 rings (SSSR count). The van der Waals surface area contributed by atoms with Gasteiger partial charge in [-0.15, -0.1) is 0 Å². The third-order valence-electron chi connectivity index (χ3n) is 2.63. The molecule has 0 aliphatic heterocycles. The van der Waals surface area contributed by atoms with Gasteiger partial charge in [-0.25, -0.2) is 12.7 Å². The molecular formula is C10H22N2O2S. The lowest BCUT2D eigenvalue weighted by molar-refractivity contribution is 0.395. The van der Waals surface area contributed by atoms with Gasteiger partial charge in [-0.3, -0.25) is 0 Å². The Hall–Kier alpha value is -0.130. The summed E-state index contributed by atoms with van der Waals surface area (Å²) >= 11 is 0. The first-order valence-electron chi connectivity index (χ1n) is 5.78. The van der Waals surface area contributed by atoms with Gasteiger partial charge in [-0.2, -0.15) is 0 Å². The van der Waals surface area contributed by atoms with Crippen molar-refractivity contribution < 1.29 is 8.42 Å². The first-order valence-corrected chi connectivity index (χ1v) is 7.39. The molecule has 0 amide bonds. The average Bonchev–Trinajstić information content (AvgIpc) is 2.98. The number of nitrogens with two attached hydrogens (primary N) is 1. The van der Waals surface area contributed by atoms with E-state index in [4.69, 9.17) is 5.73 Å². The zero-order chi connectivity index (χ0) is 11.3. The van der Waals surface area contributed by atoms with Crippen LogP contribution in [-0.2, 0) is 10.0 Å². The van der Waals surface area contributed by atoms with Crippen LogP contribution in [0.4, 0.5) is 0 Å². The summed E-state index contributed by atoms with van der Waals surface area (Å²) in [6.45, 7) is 3.84. The van der Waals surface area contributed by atoms with E-state index in [9.17, 15) is 8.42 Å². The summed E-state index contributed by atoms with van der Waals surface area (Å²) in [4.78, 5) is 0. The van der Waals surface area contributed by atoms with Gasteiger partial charge in [-0.1, -0.05) is 6.92 Å². The molecule has 0 radical (unpaired) electrons. The molecule has 0 aromatic rings. The molecule has 2 N–H and O–H groups in total. The summed E-state index contributed by atoms with van der Waals surface area (Å²) in [6, 6.07) is 0. The Morgan fingerprint density at radius 3 is 2.53 bits per heavy atom. The third-order valence-corrected chi connectivity index (χ3v) is 4.55. The highest BCUT2D eigenvalue weighted by Crippen LogP contribution is 2.30. The van der Waals surface area contributed by atoms with Crippen LogP contribution in [-0.4, -0.2) is 38.1 Å². The Bertz CT molecular complexity index is 273. The summed E-state index contributed by atoms with van der Waals surface area (Å²) in [5.41, 5.74) is 5.34. The van der Waals surface area contributed by atoms with Crippen LogP contribution in [0.5, 0.6) is 0 Å². The van der Waals surface area contributed by atoms with E-state index in [0.29, 0.717) is 25.4 Å². The van der Waals surface area contributed by atoms with E-state index in [1.165, 1.54) is 12.8 Å². The van der Waals surface area contributed by atoms with Gasteiger partial charge < -0.3 is 5.73 Å². The highest BCUT2D eigenvalue weighted by molar-refractivity contribution is 7.89. The number of hydrogen-bond acceptors (Lipinski definition) is 3. The Labute approximate surface area is 92.9 Å². The van der Waals surface area contributed by atoms with E-state index < -0.39 is 10.0 Å². The zero-order valence-corrected chi connectivity index (χ0v) is 10.3. The van der Waals surface area contributed by atoms with Crippen LogP contribution in [0.1, 0.15) is 32.6 Å². The third kappa shape index (κ3) is 4.49. The molecule has 0 heterocycles. The lowest BCUT2D eigenvalue weighted by Crippen LogP contribution is -2.35. The fourth-order valence-corrected chi connectivity index (χ4v) is 3.26. The maximum Gasteiger partial charge on any atom is 0.214 e. The quantitative estimate of drug-likeness (QED) is 0.675. The molecule has 5 heteroatoms. The van der Waals surface area contributed by atoms with Gasteiger partial charge in [0.2, 0.25) is 10.0 Å². The molecular weight excluding hydrogens is 212 g/mol. The summed E-state index contributed by atoms with van der Waals surface area (Å²) in [5.74, 6) is 0.820. The van der Waals surface area contributed by atoms with E-state index >= 15 is 0 Å². The lowest BCUT2D eigenvalue weighted by Gasteiger charge is -2.21. The SMILES string of the molecule is CCCN(CC1CC1)S(=O)(=O)CCCN. The summed E-state index contributed by atoms with van der Waals surface area (Å²) in [7, 11) is -3.05. The second-order valence-corrected chi connectivity index (χ2v) is 6.35. The standard InChI is InChI=1S/C10H22N2O2S/c1-2-7-12(9-10-4-5-10)15(13,14)8-3-6-11/h10H,2-9,11H2,1H3. The van der Waals surface area contributed by atoms with Crippen LogP contribution in [0.2, 0.25) is 0 Å². The predicted octanol–water partition coefficient (Wildman–Crippen LogP) is 0.787. The Balaban J connectivity index is 2.50. The molecule has 1 fully saturated rings. The van der Waals surface area contributed by atoms with Crippen molar-refractivity contribution in [3.05, 3.63) is 0 Å². The van der Waals surface area contributed by atoms with Crippen molar-refractivity contribution in [3.63, 3.8) is 0 Å². The number of rotatable bonds is 8. The van der Waals surface area contributed by atoms with Crippen LogP contribution in [0.25, 0.3) is 0 Å². The minimum absolute atomic E-state index is 0.205. The van der Waals surface area contributed by atoms with Gasteiger partial charge in [0.1, 0.15) is 0 Å². The molecule has 0 aromatic carbocycles. The largest absolute Gasteiger partial charge is 0.330 e. The van der Waals surface area contributed by atoms with Crippen LogP contribution < -0.4 is 5.73 Å². The Morgan fingerprint density at radius 2 is 2.07 bits per heavy atom. The second-order valence-electron chi connectivity index (χ2n) is 4.26. The maximum absolute atomic E-state index is 11.9. The van der Waals surface area contributed by atoms with Crippen molar-refractivity contribution in [3.8, 4) is 0 Å².